The summed E-state index contributed by atoms with van der Waals surface area (Å²) in [6.45, 7) is 0. The highest BCUT2D eigenvalue weighted by Gasteiger charge is 2.37. The molecule has 11 heteroatoms. The Morgan fingerprint density at radius 1 is 0.885 bits per heavy atom. The fraction of sp³-hybridized carbons (Fsp3) is 0.133. The van der Waals surface area contributed by atoms with E-state index in [1.54, 1.807) is 0 Å². The SMILES string of the molecule is O=C(Nc1cc(C(F)(F)F)cc(C(F)(F)F)c1)c1ccc([N+](=O)[O-])cc1. The van der Waals surface area contributed by atoms with Crippen LogP contribution in [0.15, 0.2) is 42.5 Å². The second kappa shape index (κ2) is 6.65. The van der Waals surface area contributed by atoms with Crippen LogP contribution >= 0.6 is 0 Å². The largest absolute Gasteiger partial charge is 0.416 e. The summed E-state index contributed by atoms with van der Waals surface area (Å²) < 4.78 is 76.6. The lowest BCUT2D eigenvalue weighted by atomic mass is 10.1. The molecule has 1 N–H and O–H groups in total. The van der Waals surface area contributed by atoms with E-state index in [-0.39, 0.29) is 17.3 Å². The van der Waals surface area contributed by atoms with Gasteiger partial charge < -0.3 is 5.32 Å². The number of nitrogens with zero attached hydrogens (tertiary/aromatic N) is 1. The van der Waals surface area contributed by atoms with Gasteiger partial charge in [-0.1, -0.05) is 0 Å². The summed E-state index contributed by atoms with van der Waals surface area (Å²) in [5.41, 5.74) is -4.38. The van der Waals surface area contributed by atoms with Crippen molar-refractivity contribution < 1.29 is 36.1 Å². The number of carbonyl (C=O) groups excluding carboxylic acids is 1. The van der Waals surface area contributed by atoms with Crippen LogP contribution in [-0.2, 0) is 12.4 Å². The minimum atomic E-state index is -5.05. The van der Waals surface area contributed by atoms with Crippen molar-refractivity contribution in [3.8, 4) is 0 Å². The van der Waals surface area contributed by atoms with Crippen LogP contribution in [0.4, 0.5) is 37.7 Å². The first kappa shape index (κ1) is 19.2. The monoisotopic (exact) mass is 378 g/mol. The Kier molecular flexibility index (Phi) is 4.92. The molecule has 1 amide bonds. The van der Waals surface area contributed by atoms with E-state index in [0.717, 1.165) is 24.3 Å². The van der Waals surface area contributed by atoms with Crippen LogP contribution in [-0.4, -0.2) is 10.8 Å². The van der Waals surface area contributed by atoms with E-state index in [0.29, 0.717) is 12.1 Å². The van der Waals surface area contributed by atoms with E-state index in [2.05, 4.69) is 0 Å². The Bertz CT molecular complexity index is 812. The molecule has 5 nitrogen and oxygen atoms in total. The van der Waals surface area contributed by atoms with Gasteiger partial charge in [-0.2, -0.15) is 26.3 Å². The zero-order valence-electron chi connectivity index (χ0n) is 12.5. The van der Waals surface area contributed by atoms with Crippen molar-refractivity contribution >= 4 is 17.3 Å². The number of carbonyl (C=O) groups is 1. The molecule has 138 valence electrons. The minimum Gasteiger partial charge on any atom is -0.322 e. The van der Waals surface area contributed by atoms with Crippen LogP contribution in [0.25, 0.3) is 0 Å². The fourth-order valence-corrected chi connectivity index (χ4v) is 1.96. The van der Waals surface area contributed by atoms with Crippen LogP contribution < -0.4 is 5.32 Å². The molecule has 0 aliphatic heterocycles. The van der Waals surface area contributed by atoms with Gasteiger partial charge in [0.1, 0.15) is 0 Å². The quantitative estimate of drug-likeness (QED) is 0.470. The summed E-state index contributed by atoms with van der Waals surface area (Å²) in [5, 5.41) is 12.5. The van der Waals surface area contributed by atoms with Gasteiger partial charge in [0.25, 0.3) is 11.6 Å². The Morgan fingerprint density at radius 3 is 1.73 bits per heavy atom. The number of halogens is 6. The number of alkyl halides is 6. The molecule has 0 radical (unpaired) electrons. The summed E-state index contributed by atoms with van der Waals surface area (Å²) in [7, 11) is 0. The normalized spacial score (nSPS) is 11.9. The van der Waals surface area contributed by atoms with Crippen molar-refractivity contribution in [3.63, 3.8) is 0 Å². The average molecular weight is 378 g/mol. The number of benzene rings is 2. The van der Waals surface area contributed by atoms with Gasteiger partial charge in [-0.25, -0.2) is 0 Å². The second-order valence-corrected chi connectivity index (χ2v) is 5.05. The number of nitro benzene ring substituents is 1. The first-order valence-corrected chi connectivity index (χ1v) is 6.73. The molecule has 0 fully saturated rings. The molecule has 0 heterocycles. The summed E-state index contributed by atoms with van der Waals surface area (Å²) in [5.74, 6) is -1.02. The van der Waals surface area contributed by atoms with E-state index in [4.69, 9.17) is 0 Å². The lowest BCUT2D eigenvalue weighted by Crippen LogP contribution is -2.15. The van der Waals surface area contributed by atoms with Crippen molar-refractivity contribution in [2.24, 2.45) is 0 Å². The third kappa shape index (κ3) is 4.49. The molecule has 0 spiro atoms. The Labute approximate surface area is 141 Å². The lowest BCUT2D eigenvalue weighted by Gasteiger charge is -2.14. The molecule has 0 saturated carbocycles. The standard InChI is InChI=1S/C15H8F6N2O3/c16-14(17,18)9-5-10(15(19,20)21)7-11(6-9)22-13(24)8-1-3-12(4-2-8)23(25)26/h1-7H,(H,22,24). The fourth-order valence-electron chi connectivity index (χ4n) is 1.96. The number of hydrogen-bond acceptors (Lipinski definition) is 3. The van der Waals surface area contributed by atoms with Gasteiger partial charge in [0.05, 0.1) is 16.1 Å². The van der Waals surface area contributed by atoms with Crippen molar-refractivity contribution in [2.45, 2.75) is 12.4 Å². The van der Waals surface area contributed by atoms with Gasteiger partial charge in [-0.15, -0.1) is 0 Å². The topological polar surface area (TPSA) is 72.2 Å². The highest BCUT2D eigenvalue weighted by molar-refractivity contribution is 6.04. The summed E-state index contributed by atoms with van der Waals surface area (Å²) in [6, 6.07) is 4.64. The molecule has 2 rings (SSSR count). The van der Waals surface area contributed by atoms with Gasteiger partial charge in [-0.05, 0) is 30.3 Å². The van der Waals surface area contributed by atoms with Crippen LogP contribution in [0.2, 0.25) is 0 Å². The van der Waals surface area contributed by atoms with E-state index in [1.807, 2.05) is 5.32 Å². The summed E-state index contributed by atoms with van der Waals surface area (Å²) in [6.07, 6.45) is -10.1. The molecular weight excluding hydrogens is 370 g/mol. The zero-order chi connectivity index (χ0) is 19.7. The lowest BCUT2D eigenvalue weighted by molar-refractivity contribution is -0.384. The maximum absolute atomic E-state index is 12.8. The zero-order valence-corrected chi connectivity index (χ0v) is 12.5. The molecule has 0 aliphatic rings. The molecule has 2 aromatic carbocycles. The molecular formula is C15H8F6N2O3. The summed E-state index contributed by atoms with van der Waals surface area (Å²) in [4.78, 5) is 21.8. The molecule has 0 aromatic heterocycles. The van der Waals surface area contributed by atoms with Crippen LogP contribution in [0, 0.1) is 10.1 Å². The summed E-state index contributed by atoms with van der Waals surface area (Å²) >= 11 is 0. The molecule has 2 aromatic rings. The molecule has 0 atom stereocenters. The third-order valence-electron chi connectivity index (χ3n) is 3.19. The molecule has 0 bridgehead atoms. The van der Waals surface area contributed by atoms with Crippen LogP contribution in [0.1, 0.15) is 21.5 Å². The van der Waals surface area contributed by atoms with Gasteiger partial charge in [-0.3, -0.25) is 14.9 Å². The van der Waals surface area contributed by atoms with E-state index >= 15 is 0 Å². The predicted molar refractivity (Wildman–Crippen MR) is 77.5 cm³/mol. The number of anilines is 1. The number of hydrogen-bond donors (Lipinski definition) is 1. The Morgan fingerprint density at radius 2 is 1.35 bits per heavy atom. The smallest absolute Gasteiger partial charge is 0.322 e. The molecule has 0 unspecified atom stereocenters. The van der Waals surface area contributed by atoms with E-state index < -0.39 is 40.0 Å². The maximum Gasteiger partial charge on any atom is 0.416 e. The third-order valence-corrected chi connectivity index (χ3v) is 3.19. The van der Waals surface area contributed by atoms with E-state index in [9.17, 15) is 41.3 Å². The van der Waals surface area contributed by atoms with E-state index in [1.165, 1.54) is 0 Å². The number of nitrogens with one attached hydrogen (secondary N) is 1. The predicted octanol–water partition coefficient (Wildman–Crippen LogP) is 4.88. The first-order chi connectivity index (χ1) is 11.9. The first-order valence-electron chi connectivity index (χ1n) is 6.73. The average Bonchev–Trinajstić information content (AvgIpc) is 2.53. The van der Waals surface area contributed by atoms with Crippen molar-refractivity contribution in [1.29, 1.82) is 0 Å². The van der Waals surface area contributed by atoms with Gasteiger partial charge in [0.2, 0.25) is 0 Å². The minimum absolute atomic E-state index is 0.0679. The van der Waals surface area contributed by atoms with Crippen molar-refractivity contribution in [1.82, 2.24) is 0 Å². The highest BCUT2D eigenvalue weighted by Crippen LogP contribution is 2.37. The number of non-ortho nitro benzene ring substituents is 1. The van der Waals surface area contributed by atoms with Crippen molar-refractivity contribution in [3.05, 3.63) is 69.3 Å². The second-order valence-electron chi connectivity index (χ2n) is 5.05. The van der Waals surface area contributed by atoms with Crippen LogP contribution in [0.3, 0.4) is 0 Å². The van der Waals surface area contributed by atoms with Gasteiger partial charge >= 0.3 is 12.4 Å². The molecule has 26 heavy (non-hydrogen) atoms. The highest BCUT2D eigenvalue weighted by atomic mass is 19.4. The van der Waals surface area contributed by atoms with Gasteiger partial charge in [0, 0.05) is 23.4 Å². The van der Waals surface area contributed by atoms with Gasteiger partial charge in [0.15, 0.2) is 0 Å². The molecule has 0 saturated heterocycles. The number of rotatable bonds is 3. The maximum atomic E-state index is 12.8. The molecule has 0 aliphatic carbocycles. The number of amides is 1. The van der Waals surface area contributed by atoms with Crippen molar-refractivity contribution in [2.75, 3.05) is 5.32 Å². The Hall–Kier alpha value is -3.11. The number of nitro groups is 1. The van der Waals surface area contributed by atoms with Crippen LogP contribution in [0.5, 0.6) is 0 Å². The Balaban J connectivity index is 2.35.